The maximum atomic E-state index is 11.7. The van der Waals surface area contributed by atoms with Gasteiger partial charge in [-0.15, -0.1) is 0 Å². The van der Waals surface area contributed by atoms with Crippen molar-refractivity contribution >= 4 is 5.91 Å². The summed E-state index contributed by atoms with van der Waals surface area (Å²) >= 11 is 0. The number of hydrogen-bond acceptors (Lipinski definition) is 4. The summed E-state index contributed by atoms with van der Waals surface area (Å²) in [6, 6.07) is 3.13. The number of nitrogens with zero attached hydrogens (tertiary/aromatic N) is 1. The van der Waals surface area contributed by atoms with Gasteiger partial charge in [-0.1, -0.05) is 0 Å². The van der Waals surface area contributed by atoms with Crippen LogP contribution in [-0.4, -0.2) is 37.1 Å². The topological polar surface area (TPSA) is 77.2 Å². The van der Waals surface area contributed by atoms with Gasteiger partial charge in [0, 0.05) is 24.8 Å². The van der Waals surface area contributed by atoms with Crippen molar-refractivity contribution in [1.29, 1.82) is 0 Å². The van der Waals surface area contributed by atoms with Crippen LogP contribution in [0.1, 0.15) is 16.1 Å². The fraction of sp³-hybridized carbons (Fsp3) is 0.455. The predicted octanol–water partition coefficient (Wildman–Crippen LogP) is 0.552. The summed E-state index contributed by atoms with van der Waals surface area (Å²) < 4.78 is 28.1. The third kappa shape index (κ3) is 5.15. The second kappa shape index (κ2) is 7.67. The molecule has 0 aliphatic rings. The predicted molar refractivity (Wildman–Crippen MR) is 61.3 cm³/mol. The third-order valence-electron chi connectivity index (χ3n) is 2.06. The molecule has 0 aliphatic heterocycles. The number of aromatic nitrogens is 1. The van der Waals surface area contributed by atoms with Gasteiger partial charge in [0.25, 0.3) is 12.3 Å². The van der Waals surface area contributed by atoms with Crippen LogP contribution in [0.25, 0.3) is 0 Å². The van der Waals surface area contributed by atoms with Crippen molar-refractivity contribution in [2.24, 2.45) is 5.73 Å². The van der Waals surface area contributed by atoms with E-state index in [0.717, 1.165) is 0 Å². The number of pyridine rings is 1. The molecule has 3 N–H and O–H groups in total. The van der Waals surface area contributed by atoms with Gasteiger partial charge >= 0.3 is 0 Å². The van der Waals surface area contributed by atoms with E-state index >= 15 is 0 Å². The highest BCUT2D eigenvalue weighted by atomic mass is 19.3. The average molecular weight is 259 g/mol. The van der Waals surface area contributed by atoms with Crippen molar-refractivity contribution in [3.63, 3.8) is 0 Å². The van der Waals surface area contributed by atoms with Crippen LogP contribution >= 0.6 is 0 Å². The Labute approximate surface area is 103 Å². The van der Waals surface area contributed by atoms with Gasteiger partial charge in [0.15, 0.2) is 0 Å². The number of carbonyl (C=O) groups is 1. The number of ether oxygens (including phenoxy) is 1. The fourth-order valence-corrected chi connectivity index (χ4v) is 1.24. The molecule has 7 heteroatoms. The van der Waals surface area contributed by atoms with Crippen LogP contribution < -0.4 is 11.1 Å². The summed E-state index contributed by atoms with van der Waals surface area (Å²) in [4.78, 5) is 15.6. The number of amides is 1. The van der Waals surface area contributed by atoms with Gasteiger partial charge in [-0.2, -0.15) is 0 Å². The Balaban J connectivity index is 2.31. The van der Waals surface area contributed by atoms with Crippen LogP contribution in [0, 0.1) is 0 Å². The van der Waals surface area contributed by atoms with E-state index in [4.69, 9.17) is 5.73 Å². The Hall–Kier alpha value is -1.60. The maximum absolute atomic E-state index is 11.7. The number of halogens is 2. The summed E-state index contributed by atoms with van der Waals surface area (Å²) in [5.41, 5.74) is 6.44. The van der Waals surface area contributed by atoms with Crippen molar-refractivity contribution in [2.75, 3.05) is 19.8 Å². The molecular formula is C11H15F2N3O2. The number of nitrogens with two attached hydrogens (primary N) is 1. The monoisotopic (exact) mass is 259 g/mol. The lowest BCUT2D eigenvalue weighted by atomic mass is 10.2. The first-order valence-corrected chi connectivity index (χ1v) is 5.42. The van der Waals surface area contributed by atoms with Gasteiger partial charge in [0.1, 0.15) is 6.61 Å². The molecule has 0 aromatic carbocycles. The minimum absolute atomic E-state index is 0.0465. The summed E-state index contributed by atoms with van der Waals surface area (Å²) in [6.07, 6.45) is -1.00. The molecule has 0 bridgehead atoms. The highest BCUT2D eigenvalue weighted by molar-refractivity contribution is 5.94. The number of nitrogens with one attached hydrogen (secondary N) is 1. The molecule has 0 saturated heterocycles. The van der Waals surface area contributed by atoms with E-state index in [1.165, 1.54) is 6.20 Å². The number of carbonyl (C=O) groups excluding carboxylic acids is 1. The molecule has 0 fully saturated rings. The zero-order chi connectivity index (χ0) is 13.4. The largest absolute Gasteiger partial charge is 0.374 e. The molecule has 100 valence electrons. The molecule has 0 radical (unpaired) electrons. The summed E-state index contributed by atoms with van der Waals surface area (Å²) in [5.74, 6) is -0.312. The van der Waals surface area contributed by atoms with Crippen LogP contribution in [0.5, 0.6) is 0 Å². The second-order valence-corrected chi connectivity index (χ2v) is 3.46. The Bertz CT molecular complexity index is 388. The van der Waals surface area contributed by atoms with E-state index < -0.39 is 13.0 Å². The van der Waals surface area contributed by atoms with Crippen LogP contribution in [0.15, 0.2) is 18.3 Å². The van der Waals surface area contributed by atoms with E-state index in [1.54, 1.807) is 12.1 Å². The van der Waals surface area contributed by atoms with Gasteiger partial charge in [0.2, 0.25) is 0 Å². The van der Waals surface area contributed by atoms with Gasteiger partial charge in [-0.25, -0.2) is 8.78 Å². The molecule has 0 spiro atoms. The quantitative estimate of drug-likeness (QED) is 0.701. The standard InChI is InChI=1S/C11H15F2N3O2/c12-10(13)7-18-4-3-16-11(17)8-1-2-15-9(5-8)6-14/h1-2,5,10H,3-4,6-7,14H2,(H,16,17). The average Bonchev–Trinajstić information content (AvgIpc) is 2.37. The first-order chi connectivity index (χ1) is 8.63. The van der Waals surface area contributed by atoms with E-state index in [9.17, 15) is 13.6 Å². The molecule has 0 unspecified atom stereocenters. The first-order valence-electron chi connectivity index (χ1n) is 5.42. The van der Waals surface area contributed by atoms with Crippen molar-refractivity contribution in [3.8, 4) is 0 Å². The van der Waals surface area contributed by atoms with Crippen molar-refractivity contribution in [1.82, 2.24) is 10.3 Å². The van der Waals surface area contributed by atoms with E-state index in [1.807, 2.05) is 0 Å². The molecular weight excluding hydrogens is 244 g/mol. The Morgan fingerprint density at radius 3 is 3.00 bits per heavy atom. The normalized spacial score (nSPS) is 10.7. The van der Waals surface area contributed by atoms with E-state index in [-0.39, 0.29) is 25.6 Å². The zero-order valence-electron chi connectivity index (χ0n) is 9.73. The van der Waals surface area contributed by atoms with Gasteiger partial charge < -0.3 is 15.8 Å². The highest BCUT2D eigenvalue weighted by Gasteiger charge is 2.06. The van der Waals surface area contributed by atoms with Crippen LogP contribution in [0.2, 0.25) is 0 Å². The summed E-state index contributed by atoms with van der Waals surface area (Å²) in [6.45, 7) is -0.155. The lowest BCUT2D eigenvalue weighted by molar-refractivity contribution is 0.0188. The second-order valence-electron chi connectivity index (χ2n) is 3.46. The molecule has 1 rings (SSSR count). The highest BCUT2D eigenvalue weighted by Crippen LogP contribution is 2.01. The molecule has 0 aliphatic carbocycles. The van der Waals surface area contributed by atoms with Crippen molar-refractivity contribution in [3.05, 3.63) is 29.6 Å². The Morgan fingerprint density at radius 2 is 2.33 bits per heavy atom. The smallest absolute Gasteiger partial charge is 0.261 e. The molecule has 18 heavy (non-hydrogen) atoms. The van der Waals surface area contributed by atoms with Crippen LogP contribution in [-0.2, 0) is 11.3 Å². The van der Waals surface area contributed by atoms with Gasteiger partial charge in [0.05, 0.1) is 12.3 Å². The minimum Gasteiger partial charge on any atom is -0.374 e. The molecule has 1 aromatic heterocycles. The number of rotatable bonds is 7. The lowest BCUT2D eigenvalue weighted by Gasteiger charge is -2.06. The SMILES string of the molecule is NCc1cc(C(=O)NCCOCC(F)F)ccn1. The van der Waals surface area contributed by atoms with E-state index in [0.29, 0.717) is 11.3 Å². The first kappa shape index (κ1) is 14.5. The third-order valence-corrected chi connectivity index (χ3v) is 2.06. The number of hydrogen-bond donors (Lipinski definition) is 2. The zero-order valence-corrected chi connectivity index (χ0v) is 9.73. The molecule has 0 saturated carbocycles. The molecule has 5 nitrogen and oxygen atoms in total. The van der Waals surface area contributed by atoms with Crippen molar-refractivity contribution in [2.45, 2.75) is 13.0 Å². The number of alkyl halides is 2. The fourth-order valence-electron chi connectivity index (χ4n) is 1.24. The van der Waals surface area contributed by atoms with Crippen LogP contribution in [0.3, 0.4) is 0 Å². The summed E-state index contributed by atoms with van der Waals surface area (Å²) in [7, 11) is 0. The van der Waals surface area contributed by atoms with E-state index in [2.05, 4.69) is 15.0 Å². The molecule has 1 amide bonds. The Morgan fingerprint density at radius 1 is 1.56 bits per heavy atom. The lowest BCUT2D eigenvalue weighted by Crippen LogP contribution is -2.28. The minimum atomic E-state index is -2.49. The molecule has 0 atom stereocenters. The van der Waals surface area contributed by atoms with Crippen LogP contribution in [0.4, 0.5) is 8.78 Å². The Kier molecular flexibility index (Phi) is 6.16. The summed E-state index contributed by atoms with van der Waals surface area (Å²) in [5, 5.41) is 2.55. The van der Waals surface area contributed by atoms with Gasteiger partial charge in [-0.3, -0.25) is 9.78 Å². The molecule has 1 heterocycles. The maximum Gasteiger partial charge on any atom is 0.261 e. The van der Waals surface area contributed by atoms with Gasteiger partial charge in [-0.05, 0) is 12.1 Å². The molecule has 1 aromatic rings. The van der Waals surface area contributed by atoms with Crippen molar-refractivity contribution < 1.29 is 18.3 Å².